The quantitative estimate of drug-likeness (QED) is 0.458. The lowest BCUT2D eigenvalue weighted by Gasteiger charge is -2.13. The van der Waals surface area contributed by atoms with Gasteiger partial charge in [-0.25, -0.2) is 5.53 Å². The number of allylic oxidation sites excluding steroid dienone is 1. The minimum absolute atomic E-state index is 1.69. The minimum Gasteiger partial charge on any atom is -0.282 e. The summed E-state index contributed by atoms with van der Waals surface area (Å²) in [6.45, 7) is 0. The first kappa shape index (κ1) is 4.18. The molecule has 0 unspecified atom stereocenters. The van der Waals surface area contributed by atoms with Gasteiger partial charge in [-0.15, -0.1) is 0 Å². The summed E-state index contributed by atoms with van der Waals surface area (Å²) >= 11 is 0. The molecular weight excluding hydrogens is 90.1 g/mol. The summed E-state index contributed by atoms with van der Waals surface area (Å²) < 4.78 is 0. The molecule has 0 saturated heterocycles. The van der Waals surface area contributed by atoms with E-state index in [1.54, 1.807) is 11.2 Å². The number of hydrogen-bond donors (Lipinski definition) is 1. The number of hydrogen-bond acceptors (Lipinski definition) is 3. The van der Waals surface area contributed by atoms with E-state index in [4.69, 9.17) is 0 Å². The zero-order chi connectivity index (χ0) is 5.11. The maximum Gasteiger partial charge on any atom is 0.0503 e. The van der Waals surface area contributed by atoms with Crippen molar-refractivity contribution < 1.29 is 0 Å². The lowest BCUT2D eigenvalue weighted by molar-refractivity contribution is 0.335. The molecule has 0 aromatic carbocycles. The van der Waals surface area contributed by atoms with Crippen LogP contribution in [-0.2, 0) is 0 Å². The Bertz CT molecular complexity index is 106. The first-order chi connectivity index (χ1) is 3.39. The van der Waals surface area contributed by atoms with Crippen LogP contribution in [0.15, 0.2) is 17.4 Å². The first-order valence-electron chi connectivity index (χ1n) is 2.08. The second kappa shape index (κ2) is 1.64. The molecule has 1 aliphatic rings. The molecule has 1 N–H and O–H groups in total. The predicted molar refractivity (Wildman–Crippen MR) is 28.5 cm³/mol. The molecule has 0 saturated carbocycles. The largest absolute Gasteiger partial charge is 0.282 e. The van der Waals surface area contributed by atoms with Crippen molar-refractivity contribution in [3.63, 3.8) is 0 Å². The third-order valence-corrected chi connectivity index (χ3v) is 0.686. The molecule has 0 aliphatic carbocycles. The van der Waals surface area contributed by atoms with Gasteiger partial charge in [-0.05, 0) is 6.08 Å². The van der Waals surface area contributed by atoms with Crippen LogP contribution in [0.3, 0.4) is 0 Å². The van der Waals surface area contributed by atoms with E-state index in [1.165, 1.54) is 0 Å². The molecule has 0 aromatic heterocycles. The molecule has 0 bridgehead atoms. The average molecular weight is 97.1 g/mol. The van der Waals surface area contributed by atoms with E-state index in [-0.39, 0.29) is 0 Å². The van der Waals surface area contributed by atoms with Gasteiger partial charge in [0.05, 0.1) is 6.21 Å². The van der Waals surface area contributed by atoms with Crippen LogP contribution in [0.1, 0.15) is 0 Å². The maximum atomic E-state index is 3.72. The maximum absolute atomic E-state index is 3.72. The summed E-state index contributed by atoms with van der Waals surface area (Å²) in [5.41, 5.74) is 2.70. The third kappa shape index (κ3) is 0.924. The molecule has 0 aromatic rings. The van der Waals surface area contributed by atoms with Gasteiger partial charge < -0.3 is 0 Å². The first-order valence-corrected chi connectivity index (χ1v) is 2.08. The Morgan fingerprint density at radius 1 is 1.71 bits per heavy atom. The van der Waals surface area contributed by atoms with Crippen LogP contribution in [0, 0.1) is 0 Å². The molecule has 3 heteroatoms. The van der Waals surface area contributed by atoms with E-state index in [0.29, 0.717) is 0 Å². The predicted octanol–water partition coefficient (Wildman–Crippen LogP) is -0.0641. The molecule has 38 valence electrons. The third-order valence-electron chi connectivity index (χ3n) is 0.686. The van der Waals surface area contributed by atoms with E-state index in [0.717, 1.165) is 0 Å². The molecule has 1 rings (SSSR count). The Morgan fingerprint density at radius 3 is 2.86 bits per heavy atom. The standard InChI is InChI=1S/C4H7N3/c1-7-4-2-3-5-6-7/h2-4,6H,1H3. The molecule has 7 heavy (non-hydrogen) atoms. The molecule has 0 radical (unpaired) electrons. The van der Waals surface area contributed by atoms with Crippen molar-refractivity contribution in [3.8, 4) is 0 Å². The van der Waals surface area contributed by atoms with Gasteiger partial charge in [-0.1, -0.05) is 0 Å². The van der Waals surface area contributed by atoms with E-state index in [9.17, 15) is 0 Å². The highest BCUT2D eigenvalue weighted by Crippen LogP contribution is 1.80. The van der Waals surface area contributed by atoms with Gasteiger partial charge in [-0.2, -0.15) is 5.10 Å². The Morgan fingerprint density at radius 2 is 2.57 bits per heavy atom. The van der Waals surface area contributed by atoms with Crippen molar-refractivity contribution in [1.82, 2.24) is 10.5 Å². The summed E-state index contributed by atoms with van der Waals surface area (Å²) in [7, 11) is 1.88. The SMILES string of the molecule is CN1C=CC=NN1. The van der Waals surface area contributed by atoms with Crippen molar-refractivity contribution in [2.45, 2.75) is 0 Å². The number of nitrogens with one attached hydrogen (secondary N) is 1. The highest BCUT2D eigenvalue weighted by molar-refractivity contribution is 5.70. The molecule has 1 heterocycles. The topological polar surface area (TPSA) is 27.6 Å². The fraction of sp³-hybridized carbons (Fsp3) is 0.250. The molecule has 0 atom stereocenters. The van der Waals surface area contributed by atoms with Crippen molar-refractivity contribution in [2.75, 3.05) is 7.05 Å². The van der Waals surface area contributed by atoms with Gasteiger partial charge in [0.15, 0.2) is 0 Å². The normalized spacial score (nSPS) is 17.0. The van der Waals surface area contributed by atoms with Crippen molar-refractivity contribution in [2.24, 2.45) is 5.10 Å². The number of hydrazine groups is 1. The summed E-state index contributed by atoms with van der Waals surface area (Å²) in [4.78, 5) is 0. The fourth-order valence-corrected chi connectivity index (χ4v) is 0.368. The molecule has 0 amide bonds. The zero-order valence-corrected chi connectivity index (χ0v) is 4.13. The van der Waals surface area contributed by atoms with Crippen LogP contribution in [-0.4, -0.2) is 18.3 Å². The summed E-state index contributed by atoms with van der Waals surface area (Å²) in [6.07, 6.45) is 5.43. The van der Waals surface area contributed by atoms with E-state index < -0.39 is 0 Å². The fourth-order valence-electron chi connectivity index (χ4n) is 0.368. The van der Waals surface area contributed by atoms with Crippen LogP contribution in [0.5, 0.6) is 0 Å². The lowest BCUT2D eigenvalue weighted by Crippen LogP contribution is -2.26. The smallest absolute Gasteiger partial charge is 0.0503 e. The van der Waals surface area contributed by atoms with Gasteiger partial charge in [0.25, 0.3) is 0 Å². The Hall–Kier alpha value is -0.990. The molecule has 0 spiro atoms. The van der Waals surface area contributed by atoms with Crippen LogP contribution in [0.25, 0.3) is 0 Å². The molecule has 0 fully saturated rings. The van der Waals surface area contributed by atoms with Gasteiger partial charge in [0.2, 0.25) is 0 Å². The molecular formula is C4H7N3. The Labute approximate surface area is 42.3 Å². The van der Waals surface area contributed by atoms with Crippen molar-refractivity contribution in [1.29, 1.82) is 0 Å². The van der Waals surface area contributed by atoms with E-state index in [1.807, 2.05) is 19.3 Å². The number of hydrazone groups is 1. The number of nitrogens with zero attached hydrogens (tertiary/aromatic N) is 2. The van der Waals surface area contributed by atoms with Gasteiger partial charge >= 0.3 is 0 Å². The second-order valence-electron chi connectivity index (χ2n) is 1.33. The lowest BCUT2D eigenvalue weighted by atomic mass is 10.6. The van der Waals surface area contributed by atoms with Crippen LogP contribution in [0.4, 0.5) is 0 Å². The van der Waals surface area contributed by atoms with Crippen molar-refractivity contribution in [3.05, 3.63) is 12.3 Å². The Balaban J connectivity index is 2.49. The molecule has 3 nitrogen and oxygen atoms in total. The van der Waals surface area contributed by atoms with Crippen LogP contribution >= 0.6 is 0 Å². The van der Waals surface area contributed by atoms with Gasteiger partial charge in [0.1, 0.15) is 0 Å². The average Bonchev–Trinajstić information content (AvgIpc) is 1.69. The monoisotopic (exact) mass is 97.1 g/mol. The summed E-state index contributed by atoms with van der Waals surface area (Å²) in [6, 6.07) is 0. The summed E-state index contributed by atoms with van der Waals surface area (Å²) in [5, 5.41) is 5.49. The van der Waals surface area contributed by atoms with Crippen LogP contribution < -0.4 is 5.53 Å². The highest BCUT2D eigenvalue weighted by atomic mass is 15.6. The van der Waals surface area contributed by atoms with E-state index >= 15 is 0 Å². The second-order valence-corrected chi connectivity index (χ2v) is 1.33. The van der Waals surface area contributed by atoms with Gasteiger partial charge in [0, 0.05) is 13.2 Å². The summed E-state index contributed by atoms with van der Waals surface area (Å²) in [5.74, 6) is 0. The van der Waals surface area contributed by atoms with E-state index in [2.05, 4.69) is 10.6 Å². The van der Waals surface area contributed by atoms with Gasteiger partial charge in [-0.3, -0.25) is 5.01 Å². The number of rotatable bonds is 0. The van der Waals surface area contributed by atoms with Crippen LogP contribution in [0.2, 0.25) is 0 Å². The highest BCUT2D eigenvalue weighted by Gasteiger charge is 1.84. The zero-order valence-electron chi connectivity index (χ0n) is 4.13. The Kier molecular flexibility index (Phi) is 0.978. The van der Waals surface area contributed by atoms with Crippen molar-refractivity contribution >= 4 is 6.21 Å². The minimum atomic E-state index is 1.69. The molecule has 1 aliphatic heterocycles.